The lowest BCUT2D eigenvalue weighted by Gasteiger charge is -2.19. The molecule has 78 valence electrons. The van der Waals surface area contributed by atoms with Gasteiger partial charge in [0.15, 0.2) is 0 Å². The molecule has 0 bridgehead atoms. The Morgan fingerprint density at radius 3 is 2.21 bits per heavy atom. The highest BCUT2D eigenvalue weighted by Gasteiger charge is 2.04. The standard InChI is InChI=1S/C12H20N2/c1-5-11-6-8-12(9-7-11)10(2)13-14(3)4/h6-10,13H,5H2,1-4H3. The van der Waals surface area contributed by atoms with Crippen LogP contribution in [0.1, 0.15) is 31.0 Å². The van der Waals surface area contributed by atoms with Crippen molar-refractivity contribution in [3.8, 4) is 0 Å². The molecule has 0 saturated heterocycles. The van der Waals surface area contributed by atoms with Gasteiger partial charge in [-0.05, 0) is 24.5 Å². The second kappa shape index (κ2) is 5.13. The summed E-state index contributed by atoms with van der Waals surface area (Å²) in [4.78, 5) is 0. The van der Waals surface area contributed by atoms with Crippen LogP contribution in [0.5, 0.6) is 0 Å². The van der Waals surface area contributed by atoms with Crippen molar-refractivity contribution in [3.63, 3.8) is 0 Å². The molecule has 0 spiro atoms. The smallest absolute Gasteiger partial charge is 0.0436 e. The number of nitrogens with one attached hydrogen (secondary N) is 1. The second-order valence-corrected chi connectivity index (χ2v) is 3.84. The molecule has 1 rings (SSSR count). The van der Waals surface area contributed by atoms with Gasteiger partial charge in [-0.2, -0.15) is 0 Å². The topological polar surface area (TPSA) is 15.3 Å². The van der Waals surface area contributed by atoms with Gasteiger partial charge in [0.05, 0.1) is 0 Å². The molecule has 1 N–H and O–H groups in total. The largest absolute Gasteiger partial charge is 0.250 e. The molecule has 1 aromatic rings. The Balaban J connectivity index is 2.66. The Morgan fingerprint density at radius 1 is 1.21 bits per heavy atom. The first-order valence-corrected chi connectivity index (χ1v) is 5.15. The molecule has 0 aliphatic carbocycles. The van der Waals surface area contributed by atoms with E-state index in [1.807, 2.05) is 19.1 Å². The minimum atomic E-state index is 0.371. The molecular weight excluding hydrogens is 172 g/mol. The van der Waals surface area contributed by atoms with Crippen LogP contribution in [0, 0.1) is 0 Å². The zero-order chi connectivity index (χ0) is 10.6. The molecule has 1 unspecified atom stereocenters. The van der Waals surface area contributed by atoms with Gasteiger partial charge >= 0.3 is 0 Å². The van der Waals surface area contributed by atoms with Crippen LogP contribution in [-0.4, -0.2) is 19.1 Å². The van der Waals surface area contributed by atoms with Gasteiger partial charge < -0.3 is 0 Å². The number of aryl methyl sites for hydroxylation is 1. The van der Waals surface area contributed by atoms with E-state index < -0.39 is 0 Å². The molecule has 1 aromatic carbocycles. The quantitative estimate of drug-likeness (QED) is 0.737. The average Bonchev–Trinajstić information content (AvgIpc) is 2.17. The monoisotopic (exact) mass is 192 g/mol. The molecular formula is C12H20N2. The fourth-order valence-corrected chi connectivity index (χ4v) is 1.50. The average molecular weight is 192 g/mol. The molecule has 0 fully saturated rings. The van der Waals surface area contributed by atoms with E-state index in [1.165, 1.54) is 11.1 Å². The predicted octanol–water partition coefficient (Wildman–Crippen LogP) is 2.38. The molecule has 0 aliphatic heterocycles. The van der Waals surface area contributed by atoms with Crippen LogP contribution in [0.25, 0.3) is 0 Å². The number of rotatable bonds is 4. The van der Waals surface area contributed by atoms with Gasteiger partial charge in [-0.3, -0.25) is 5.01 Å². The second-order valence-electron chi connectivity index (χ2n) is 3.84. The van der Waals surface area contributed by atoms with Crippen LogP contribution >= 0.6 is 0 Å². The Kier molecular flexibility index (Phi) is 4.11. The van der Waals surface area contributed by atoms with Crippen LogP contribution in [0.2, 0.25) is 0 Å². The van der Waals surface area contributed by atoms with Gasteiger partial charge in [0, 0.05) is 20.1 Å². The van der Waals surface area contributed by atoms with E-state index in [1.54, 1.807) is 0 Å². The fourth-order valence-electron chi connectivity index (χ4n) is 1.50. The molecule has 2 heteroatoms. The summed E-state index contributed by atoms with van der Waals surface area (Å²) in [5.41, 5.74) is 6.05. The third-order valence-corrected chi connectivity index (χ3v) is 2.34. The summed E-state index contributed by atoms with van der Waals surface area (Å²) < 4.78 is 0. The van der Waals surface area contributed by atoms with Gasteiger partial charge in [0.25, 0.3) is 0 Å². The van der Waals surface area contributed by atoms with Crippen molar-refractivity contribution in [3.05, 3.63) is 35.4 Å². The maximum atomic E-state index is 3.33. The van der Waals surface area contributed by atoms with E-state index in [4.69, 9.17) is 0 Å². The number of benzene rings is 1. The summed E-state index contributed by atoms with van der Waals surface area (Å²) in [6.07, 6.45) is 1.11. The maximum absolute atomic E-state index is 3.33. The Morgan fingerprint density at radius 2 is 1.79 bits per heavy atom. The zero-order valence-electron chi connectivity index (χ0n) is 9.54. The lowest BCUT2D eigenvalue weighted by Crippen LogP contribution is -2.32. The molecule has 2 nitrogen and oxygen atoms in total. The number of hydrogen-bond acceptors (Lipinski definition) is 2. The van der Waals surface area contributed by atoms with Crippen molar-refractivity contribution in [1.29, 1.82) is 0 Å². The van der Waals surface area contributed by atoms with E-state index in [2.05, 4.69) is 43.5 Å². The summed E-state index contributed by atoms with van der Waals surface area (Å²) in [6.45, 7) is 4.34. The summed E-state index contributed by atoms with van der Waals surface area (Å²) >= 11 is 0. The van der Waals surface area contributed by atoms with Gasteiger partial charge in [-0.15, -0.1) is 0 Å². The van der Waals surface area contributed by atoms with E-state index in [0.29, 0.717) is 6.04 Å². The molecule has 0 radical (unpaired) electrons. The zero-order valence-corrected chi connectivity index (χ0v) is 9.54. The molecule has 0 heterocycles. The first-order valence-electron chi connectivity index (χ1n) is 5.15. The normalized spacial score (nSPS) is 13.2. The third-order valence-electron chi connectivity index (χ3n) is 2.34. The maximum Gasteiger partial charge on any atom is 0.0436 e. The summed E-state index contributed by atoms with van der Waals surface area (Å²) in [6, 6.07) is 9.16. The summed E-state index contributed by atoms with van der Waals surface area (Å²) in [7, 11) is 4.02. The van der Waals surface area contributed by atoms with Crippen LogP contribution in [0.3, 0.4) is 0 Å². The van der Waals surface area contributed by atoms with E-state index >= 15 is 0 Å². The fraction of sp³-hybridized carbons (Fsp3) is 0.500. The Hall–Kier alpha value is -0.860. The van der Waals surface area contributed by atoms with E-state index in [-0.39, 0.29) is 0 Å². The number of hydrazine groups is 1. The van der Waals surface area contributed by atoms with Crippen molar-refractivity contribution in [2.75, 3.05) is 14.1 Å². The van der Waals surface area contributed by atoms with E-state index in [9.17, 15) is 0 Å². The van der Waals surface area contributed by atoms with Gasteiger partial charge in [0.2, 0.25) is 0 Å². The minimum Gasteiger partial charge on any atom is -0.250 e. The SMILES string of the molecule is CCc1ccc(C(C)NN(C)C)cc1. The highest BCUT2D eigenvalue weighted by atomic mass is 15.5. The minimum absolute atomic E-state index is 0.371. The lowest BCUT2D eigenvalue weighted by molar-refractivity contribution is 0.252. The Bertz CT molecular complexity index is 264. The van der Waals surface area contributed by atoms with Crippen molar-refractivity contribution < 1.29 is 0 Å². The highest BCUT2D eigenvalue weighted by Crippen LogP contribution is 2.13. The van der Waals surface area contributed by atoms with Crippen molar-refractivity contribution in [2.45, 2.75) is 26.3 Å². The highest BCUT2D eigenvalue weighted by molar-refractivity contribution is 5.24. The summed E-state index contributed by atoms with van der Waals surface area (Å²) in [5.74, 6) is 0. The van der Waals surface area contributed by atoms with Crippen molar-refractivity contribution in [1.82, 2.24) is 10.4 Å². The third kappa shape index (κ3) is 3.13. The van der Waals surface area contributed by atoms with E-state index in [0.717, 1.165) is 6.42 Å². The van der Waals surface area contributed by atoms with Crippen LogP contribution < -0.4 is 5.43 Å². The number of nitrogens with zero attached hydrogens (tertiary/aromatic N) is 1. The predicted molar refractivity (Wildman–Crippen MR) is 61.1 cm³/mol. The molecule has 0 amide bonds. The molecule has 14 heavy (non-hydrogen) atoms. The van der Waals surface area contributed by atoms with Crippen molar-refractivity contribution in [2.24, 2.45) is 0 Å². The molecule has 0 saturated carbocycles. The summed E-state index contributed by atoms with van der Waals surface area (Å²) in [5, 5.41) is 1.98. The Labute approximate surface area is 86.9 Å². The van der Waals surface area contributed by atoms with Crippen LogP contribution in [0.4, 0.5) is 0 Å². The first kappa shape index (κ1) is 11.2. The molecule has 0 aromatic heterocycles. The van der Waals surface area contributed by atoms with Gasteiger partial charge in [-0.1, -0.05) is 31.2 Å². The van der Waals surface area contributed by atoms with Crippen LogP contribution in [0.15, 0.2) is 24.3 Å². The van der Waals surface area contributed by atoms with Crippen LogP contribution in [-0.2, 0) is 6.42 Å². The molecule has 0 aliphatic rings. The lowest BCUT2D eigenvalue weighted by atomic mass is 10.1. The number of hydrogen-bond donors (Lipinski definition) is 1. The molecule has 1 atom stereocenters. The van der Waals surface area contributed by atoms with Crippen molar-refractivity contribution >= 4 is 0 Å². The first-order chi connectivity index (χ1) is 6.63. The van der Waals surface area contributed by atoms with Gasteiger partial charge in [-0.25, -0.2) is 5.43 Å². The van der Waals surface area contributed by atoms with Gasteiger partial charge in [0.1, 0.15) is 0 Å².